The van der Waals surface area contributed by atoms with Crippen molar-refractivity contribution in [2.45, 2.75) is 51.9 Å². The molecule has 102 valence electrons. The summed E-state index contributed by atoms with van der Waals surface area (Å²) in [6.45, 7) is 4.26. The van der Waals surface area contributed by atoms with Crippen LogP contribution >= 0.6 is 12.2 Å². The van der Waals surface area contributed by atoms with Crippen molar-refractivity contribution in [3.8, 4) is 0 Å². The van der Waals surface area contributed by atoms with Crippen LogP contribution in [0.25, 0.3) is 0 Å². The molecule has 0 spiro atoms. The second-order valence-electron chi connectivity index (χ2n) is 5.88. The number of nitrogens with one attached hydrogen (secondary N) is 1. The topological polar surface area (TPSA) is 32.3 Å². The molecule has 0 aromatic rings. The lowest BCUT2D eigenvalue weighted by Gasteiger charge is -2.32. The summed E-state index contributed by atoms with van der Waals surface area (Å²) >= 11 is 5.32. The molecule has 1 heterocycles. The predicted molar refractivity (Wildman–Crippen MR) is 77.3 cm³/mol. The smallest absolute Gasteiger partial charge is 0.226 e. The van der Waals surface area contributed by atoms with Crippen molar-refractivity contribution in [1.82, 2.24) is 10.2 Å². The van der Waals surface area contributed by atoms with Gasteiger partial charge in [-0.1, -0.05) is 19.8 Å². The van der Waals surface area contributed by atoms with Gasteiger partial charge in [0, 0.05) is 19.5 Å². The number of piperidine rings is 1. The van der Waals surface area contributed by atoms with E-state index in [0.717, 1.165) is 19.0 Å². The Balaban J connectivity index is 1.71. The number of thiocarbonyl (C=S) groups is 1. The number of nitrogens with zero attached hydrogens (tertiary/aromatic N) is 1. The Kier molecular flexibility index (Phi) is 4.98. The number of rotatable bonds is 2. The minimum Gasteiger partial charge on any atom is -0.349 e. The molecule has 1 saturated carbocycles. The molecule has 3 nitrogen and oxygen atoms in total. The van der Waals surface area contributed by atoms with Gasteiger partial charge >= 0.3 is 0 Å². The van der Waals surface area contributed by atoms with Gasteiger partial charge in [-0.25, -0.2) is 0 Å². The molecule has 0 unspecified atom stereocenters. The second-order valence-corrected chi connectivity index (χ2v) is 6.26. The van der Waals surface area contributed by atoms with Crippen LogP contribution in [0.3, 0.4) is 0 Å². The minimum atomic E-state index is 0.116. The van der Waals surface area contributed by atoms with Gasteiger partial charge in [-0.2, -0.15) is 0 Å². The Hall–Kier alpha value is -0.640. The van der Waals surface area contributed by atoms with Gasteiger partial charge in [0.15, 0.2) is 5.11 Å². The average molecular weight is 268 g/mol. The van der Waals surface area contributed by atoms with Crippen LogP contribution in [0.15, 0.2) is 0 Å². The second kappa shape index (κ2) is 6.50. The van der Waals surface area contributed by atoms with E-state index in [-0.39, 0.29) is 5.91 Å². The monoisotopic (exact) mass is 268 g/mol. The van der Waals surface area contributed by atoms with E-state index in [0.29, 0.717) is 17.5 Å². The molecule has 2 aliphatic rings. The number of carbonyl (C=O) groups is 1. The summed E-state index contributed by atoms with van der Waals surface area (Å²) in [5.74, 6) is 1.50. The van der Waals surface area contributed by atoms with Crippen LogP contribution < -0.4 is 5.32 Å². The highest BCUT2D eigenvalue weighted by atomic mass is 32.1. The molecule has 1 aliphatic heterocycles. The lowest BCUT2D eigenvalue weighted by molar-refractivity contribution is -0.120. The maximum atomic E-state index is 11.9. The van der Waals surface area contributed by atoms with Crippen molar-refractivity contribution < 1.29 is 4.79 Å². The van der Waals surface area contributed by atoms with E-state index < -0.39 is 0 Å². The Bertz CT molecular complexity index is 305. The van der Waals surface area contributed by atoms with Crippen LogP contribution in [-0.4, -0.2) is 29.0 Å². The summed E-state index contributed by atoms with van der Waals surface area (Å²) in [6.07, 6.45) is 8.00. The molecule has 0 aromatic carbocycles. The first-order chi connectivity index (χ1) is 8.65. The third-order valence-electron chi connectivity index (χ3n) is 4.27. The third-order valence-corrected chi connectivity index (χ3v) is 4.63. The van der Waals surface area contributed by atoms with Crippen molar-refractivity contribution in [3.05, 3.63) is 0 Å². The van der Waals surface area contributed by atoms with Gasteiger partial charge in [-0.05, 0) is 49.7 Å². The molecule has 0 atom stereocenters. The summed E-state index contributed by atoms with van der Waals surface area (Å²) in [5, 5.41) is 3.55. The molecule has 0 aromatic heterocycles. The first-order valence-corrected chi connectivity index (χ1v) is 7.64. The number of amides is 1. The van der Waals surface area contributed by atoms with Gasteiger partial charge in [-0.15, -0.1) is 0 Å². The van der Waals surface area contributed by atoms with Crippen LogP contribution in [0, 0.1) is 11.8 Å². The van der Waals surface area contributed by atoms with Crippen LogP contribution in [0.2, 0.25) is 0 Å². The SMILES string of the molecule is CC1CCN(C(=S)NC(=O)CC2CCCC2)CC1. The van der Waals surface area contributed by atoms with E-state index in [1.807, 2.05) is 0 Å². The number of hydrogen-bond donors (Lipinski definition) is 1. The zero-order chi connectivity index (χ0) is 13.0. The third kappa shape index (κ3) is 3.94. The fourth-order valence-electron chi connectivity index (χ4n) is 2.94. The molecule has 0 bridgehead atoms. The Morgan fingerprint density at radius 2 is 1.83 bits per heavy atom. The molecule has 18 heavy (non-hydrogen) atoms. The predicted octanol–water partition coefficient (Wildman–Crippen LogP) is 2.70. The van der Waals surface area contributed by atoms with E-state index in [4.69, 9.17) is 12.2 Å². The first-order valence-electron chi connectivity index (χ1n) is 7.24. The molecule has 2 rings (SSSR count). The van der Waals surface area contributed by atoms with Gasteiger partial charge in [0.2, 0.25) is 5.91 Å². The van der Waals surface area contributed by atoms with Crippen molar-refractivity contribution in [2.75, 3.05) is 13.1 Å². The zero-order valence-electron chi connectivity index (χ0n) is 11.3. The highest BCUT2D eigenvalue weighted by molar-refractivity contribution is 7.80. The highest BCUT2D eigenvalue weighted by Gasteiger charge is 2.22. The quantitative estimate of drug-likeness (QED) is 0.782. The van der Waals surface area contributed by atoms with Crippen LogP contribution in [0.5, 0.6) is 0 Å². The molecule has 4 heteroatoms. The maximum absolute atomic E-state index is 11.9. The van der Waals surface area contributed by atoms with Crippen LogP contribution in [-0.2, 0) is 4.79 Å². The van der Waals surface area contributed by atoms with E-state index in [1.54, 1.807) is 0 Å². The Morgan fingerprint density at radius 1 is 1.22 bits per heavy atom. The summed E-state index contributed by atoms with van der Waals surface area (Å²) in [6, 6.07) is 0. The lowest BCUT2D eigenvalue weighted by Crippen LogP contribution is -2.46. The van der Waals surface area contributed by atoms with Gasteiger partial charge in [0.25, 0.3) is 0 Å². The standard InChI is InChI=1S/C14H24N2OS/c1-11-6-8-16(9-7-11)14(18)15-13(17)10-12-4-2-3-5-12/h11-12H,2-10H2,1H3,(H,15,17,18). The van der Waals surface area contributed by atoms with E-state index >= 15 is 0 Å². The number of hydrogen-bond acceptors (Lipinski definition) is 2. The van der Waals surface area contributed by atoms with Crippen molar-refractivity contribution >= 4 is 23.2 Å². The van der Waals surface area contributed by atoms with Gasteiger partial charge < -0.3 is 10.2 Å². The summed E-state index contributed by atoms with van der Waals surface area (Å²) in [5.41, 5.74) is 0. The van der Waals surface area contributed by atoms with E-state index in [9.17, 15) is 4.79 Å². The Morgan fingerprint density at radius 3 is 2.44 bits per heavy atom. The van der Waals surface area contributed by atoms with Crippen molar-refractivity contribution in [3.63, 3.8) is 0 Å². The maximum Gasteiger partial charge on any atom is 0.226 e. The van der Waals surface area contributed by atoms with E-state index in [2.05, 4.69) is 17.1 Å². The lowest BCUT2D eigenvalue weighted by atomic mass is 10.00. The normalized spacial score (nSPS) is 22.2. The van der Waals surface area contributed by atoms with E-state index in [1.165, 1.54) is 38.5 Å². The van der Waals surface area contributed by atoms with Crippen molar-refractivity contribution in [2.24, 2.45) is 11.8 Å². The summed E-state index contributed by atoms with van der Waals surface area (Å²) < 4.78 is 0. The molecular formula is C14H24N2OS. The highest BCUT2D eigenvalue weighted by Crippen LogP contribution is 2.27. The van der Waals surface area contributed by atoms with Gasteiger partial charge in [-0.3, -0.25) is 4.79 Å². The Labute approximate surface area is 115 Å². The molecule has 1 N–H and O–H groups in total. The molecule has 0 radical (unpaired) electrons. The average Bonchev–Trinajstić information content (AvgIpc) is 2.82. The van der Waals surface area contributed by atoms with Gasteiger partial charge in [0.1, 0.15) is 0 Å². The van der Waals surface area contributed by atoms with Gasteiger partial charge in [0.05, 0.1) is 0 Å². The minimum absolute atomic E-state index is 0.116. The molecular weight excluding hydrogens is 244 g/mol. The molecule has 1 amide bonds. The summed E-state index contributed by atoms with van der Waals surface area (Å²) in [7, 11) is 0. The first kappa shape index (κ1) is 13.8. The van der Waals surface area contributed by atoms with Crippen LogP contribution in [0.1, 0.15) is 51.9 Å². The largest absolute Gasteiger partial charge is 0.349 e. The molecule has 1 saturated heterocycles. The zero-order valence-corrected chi connectivity index (χ0v) is 12.1. The number of likely N-dealkylation sites (tertiary alicyclic amines) is 1. The van der Waals surface area contributed by atoms with Crippen LogP contribution in [0.4, 0.5) is 0 Å². The molecule has 1 aliphatic carbocycles. The fraction of sp³-hybridized carbons (Fsp3) is 0.857. The number of carbonyl (C=O) groups excluding carboxylic acids is 1. The summed E-state index contributed by atoms with van der Waals surface area (Å²) in [4.78, 5) is 14.0. The fourth-order valence-corrected chi connectivity index (χ4v) is 3.23. The molecule has 2 fully saturated rings. The van der Waals surface area contributed by atoms with Crippen molar-refractivity contribution in [1.29, 1.82) is 0 Å².